The maximum absolute atomic E-state index is 13.6. The van der Waals surface area contributed by atoms with Gasteiger partial charge in [0, 0.05) is 16.0 Å². The van der Waals surface area contributed by atoms with E-state index in [1.807, 2.05) is 44.2 Å². The van der Waals surface area contributed by atoms with E-state index in [2.05, 4.69) is 0 Å². The molecule has 0 atom stereocenters. The lowest BCUT2D eigenvalue weighted by Crippen LogP contribution is -2.27. The summed E-state index contributed by atoms with van der Waals surface area (Å²) in [6.07, 6.45) is 0.814. The van der Waals surface area contributed by atoms with Gasteiger partial charge in [-0.3, -0.25) is 14.2 Å². The molecule has 152 valence electrons. The number of benzene rings is 2. The summed E-state index contributed by atoms with van der Waals surface area (Å²) >= 11 is 1.50. The number of rotatable bonds is 5. The number of hydrogen-bond donors (Lipinski definition) is 0. The van der Waals surface area contributed by atoms with Crippen molar-refractivity contribution in [1.29, 1.82) is 0 Å². The van der Waals surface area contributed by atoms with Crippen LogP contribution in [0.15, 0.2) is 53.3 Å². The first-order valence-corrected chi connectivity index (χ1v) is 10.6. The van der Waals surface area contributed by atoms with Crippen LogP contribution in [0.1, 0.15) is 33.3 Å². The molecule has 0 amide bonds. The van der Waals surface area contributed by atoms with Crippen molar-refractivity contribution in [1.82, 2.24) is 9.55 Å². The van der Waals surface area contributed by atoms with E-state index < -0.39 is 0 Å². The quantitative estimate of drug-likeness (QED) is 0.410. The summed E-state index contributed by atoms with van der Waals surface area (Å²) in [6.45, 7) is 5.46. The number of fused-ring (bicyclic) bond motifs is 1. The van der Waals surface area contributed by atoms with Crippen molar-refractivity contribution in [3.63, 3.8) is 0 Å². The number of Topliss-reactive ketones (excluding diaryl/α,β-unsaturated/α-hetero) is 1. The van der Waals surface area contributed by atoms with Crippen LogP contribution in [0, 0.1) is 19.7 Å². The minimum atomic E-state index is -0.363. The molecule has 0 saturated carbocycles. The number of hydrogen-bond acceptors (Lipinski definition) is 4. The Hall–Kier alpha value is -3.12. The van der Waals surface area contributed by atoms with Gasteiger partial charge in [0.1, 0.15) is 16.5 Å². The predicted molar refractivity (Wildman–Crippen MR) is 119 cm³/mol. The molecule has 4 nitrogen and oxygen atoms in total. The Kier molecular flexibility index (Phi) is 5.35. The molecule has 2 aromatic carbocycles. The molecule has 0 spiro atoms. The number of ketones is 1. The Morgan fingerprint density at radius 1 is 1.13 bits per heavy atom. The van der Waals surface area contributed by atoms with Crippen LogP contribution in [0.4, 0.5) is 4.39 Å². The molecule has 0 bridgehead atoms. The first-order valence-electron chi connectivity index (χ1n) is 9.77. The number of aryl methyl sites for hydroxylation is 3. The van der Waals surface area contributed by atoms with Crippen LogP contribution >= 0.6 is 11.3 Å². The van der Waals surface area contributed by atoms with Crippen molar-refractivity contribution in [2.75, 3.05) is 0 Å². The summed E-state index contributed by atoms with van der Waals surface area (Å²) in [5.74, 6) is -0.160. The average Bonchev–Trinajstić information content (AvgIpc) is 3.15. The standard InChI is InChI=1S/C24H21FN2O2S/c1-4-18-12-19-23(30-18)26-22(17-7-5-6-14(2)10-17)27(24(19)29)13-21(28)16-8-9-20(25)15(3)11-16/h5-12H,4,13H2,1-3H3. The molecule has 0 fully saturated rings. The van der Waals surface area contributed by atoms with Crippen LogP contribution in [0.2, 0.25) is 0 Å². The summed E-state index contributed by atoms with van der Waals surface area (Å²) in [4.78, 5) is 32.8. The van der Waals surface area contributed by atoms with Gasteiger partial charge in [-0.25, -0.2) is 9.37 Å². The van der Waals surface area contributed by atoms with Crippen molar-refractivity contribution in [3.05, 3.63) is 86.3 Å². The lowest BCUT2D eigenvalue weighted by atomic mass is 10.1. The highest BCUT2D eigenvalue weighted by Crippen LogP contribution is 2.26. The molecular formula is C24H21FN2O2S. The first-order chi connectivity index (χ1) is 14.4. The van der Waals surface area contributed by atoms with E-state index in [0.29, 0.717) is 27.2 Å². The number of nitrogens with zero attached hydrogens (tertiary/aromatic N) is 2. The number of carbonyl (C=O) groups excluding carboxylic acids is 1. The zero-order chi connectivity index (χ0) is 21.4. The zero-order valence-electron chi connectivity index (χ0n) is 17.0. The average molecular weight is 421 g/mol. The molecule has 0 N–H and O–H groups in total. The Balaban J connectivity index is 1.88. The molecule has 6 heteroatoms. The van der Waals surface area contributed by atoms with Crippen molar-refractivity contribution in [2.24, 2.45) is 0 Å². The van der Waals surface area contributed by atoms with Crippen LogP contribution in [0.5, 0.6) is 0 Å². The number of carbonyl (C=O) groups is 1. The lowest BCUT2D eigenvalue weighted by molar-refractivity contribution is 0.0971. The Morgan fingerprint density at radius 2 is 1.93 bits per heavy atom. The van der Waals surface area contributed by atoms with E-state index in [4.69, 9.17) is 4.98 Å². The third-order valence-electron chi connectivity index (χ3n) is 5.11. The van der Waals surface area contributed by atoms with Gasteiger partial charge >= 0.3 is 0 Å². The minimum absolute atomic E-state index is 0.159. The van der Waals surface area contributed by atoms with E-state index in [1.165, 1.54) is 34.1 Å². The summed E-state index contributed by atoms with van der Waals surface area (Å²) < 4.78 is 15.0. The second-order valence-corrected chi connectivity index (χ2v) is 8.48. The molecule has 4 rings (SSSR count). The van der Waals surface area contributed by atoms with E-state index in [1.54, 1.807) is 6.92 Å². The summed E-state index contributed by atoms with van der Waals surface area (Å²) in [6, 6.07) is 13.8. The summed E-state index contributed by atoms with van der Waals surface area (Å²) in [5.41, 5.74) is 2.35. The highest BCUT2D eigenvalue weighted by atomic mass is 32.1. The fraction of sp³-hybridized carbons (Fsp3) is 0.208. The highest BCUT2D eigenvalue weighted by molar-refractivity contribution is 7.18. The first kappa shape index (κ1) is 20.2. The van der Waals surface area contributed by atoms with Crippen LogP contribution in [0.3, 0.4) is 0 Å². The molecule has 0 aliphatic rings. The fourth-order valence-electron chi connectivity index (χ4n) is 3.44. The summed E-state index contributed by atoms with van der Waals surface area (Å²) in [7, 11) is 0. The molecule has 0 aliphatic heterocycles. The minimum Gasteiger partial charge on any atom is -0.292 e. The molecule has 30 heavy (non-hydrogen) atoms. The highest BCUT2D eigenvalue weighted by Gasteiger charge is 2.18. The van der Waals surface area contributed by atoms with Gasteiger partial charge in [-0.05, 0) is 56.2 Å². The second kappa shape index (κ2) is 7.95. The van der Waals surface area contributed by atoms with Gasteiger partial charge in [-0.2, -0.15) is 0 Å². The number of aromatic nitrogens is 2. The second-order valence-electron chi connectivity index (χ2n) is 7.37. The van der Waals surface area contributed by atoms with Gasteiger partial charge in [-0.1, -0.05) is 30.7 Å². The molecule has 2 aromatic heterocycles. The van der Waals surface area contributed by atoms with E-state index >= 15 is 0 Å². The molecule has 0 unspecified atom stereocenters. The maximum atomic E-state index is 13.6. The topological polar surface area (TPSA) is 52.0 Å². The summed E-state index contributed by atoms with van der Waals surface area (Å²) in [5, 5.41) is 0.524. The van der Waals surface area contributed by atoms with Gasteiger partial charge in [0.15, 0.2) is 5.78 Å². The van der Waals surface area contributed by atoms with Crippen molar-refractivity contribution < 1.29 is 9.18 Å². The third-order valence-corrected chi connectivity index (χ3v) is 6.28. The Labute approximate surface area is 177 Å². The van der Waals surface area contributed by atoms with Crippen molar-refractivity contribution in [3.8, 4) is 11.4 Å². The van der Waals surface area contributed by atoms with Crippen LogP contribution in [-0.2, 0) is 13.0 Å². The van der Waals surface area contributed by atoms with Gasteiger partial charge in [-0.15, -0.1) is 11.3 Å². The molecular weight excluding hydrogens is 399 g/mol. The number of thiophene rings is 1. The molecule has 0 aliphatic carbocycles. The predicted octanol–water partition coefficient (Wildman–Crippen LogP) is 5.33. The van der Waals surface area contributed by atoms with E-state index in [-0.39, 0.29) is 23.7 Å². The van der Waals surface area contributed by atoms with Gasteiger partial charge < -0.3 is 0 Å². The zero-order valence-corrected chi connectivity index (χ0v) is 17.8. The van der Waals surface area contributed by atoms with Crippen LogP contribution in [0.25, 0.3) is 21.6 Å². The van der Waals surface area contributed by atoms with Gasteiger partial charge in [0.25, 0.3) is 5.56 Å². The molecule has 2 heterocycles. The van der Waals surface area contributed by atoms with Crippen molar-refractivity contribution >= 4 is 27.3 Å². The Bertz CT molecular complexity index is 1340. The lowest BCUT2D eigenvalue weighted by Gasteiger charge is -2.13. The van der Waals surface area contributed by atoms with Crippen LogP contribution < -0.4 is 5.56 Å². The number of halogens is 1. The third kappa shape index (κ3) is 3.71. The smallest absolute Gasteiger partial charge is 0.262 e. The monoisotopic (exact) mass is 420 g/mol. The normalized spacial score (nSPS) is 11.2. The van der Waals surface area contributed by atoms with E-state index in [0.717, 1.165) is 22.4 Å². The largest absolute Gasteiger partial charge is 0.292 e. The molecule has 0 saturated heterocycles. The van der Waals surface area contributed by atoms with Gasteiger partial charge in [0.05, 0.1) is 11.9 Å². The Morgan fingerprint density at radius 3 is 2.63 bits per heavy atom. The van der Waals surface area contributed by atoms with Gasteiger partial charge in [0.2, 0.25) is 0 Å². The molecule has 0 radical (unpaired) electrons. The molecule has 4 aromatic rings. The fourth-order valence-corrected chi connectivity index (χ4v) is 4.40. The van der Waals surface area contributed by atoms with Crippen molar-refractivity contribution in [2.45, 2.75) is 33.7 Å². The SMILES string of the molecule is CCc1cc2c(=O)n(CC(=O)c3ccc(F)c(C)c3)c(-c3cccc(C)c3)nc2s1. The van der Waals surface area contributed by atoms with E-state index in [9.17, 15) is 14.0 Å². The van der Waals surface area contributed by atoms with Crippen LogP contribution in [-0.4, -0.2) is 15.3 Å². The maximum Gasteiger partial charge on any atom is 0.262 e.